The number of halogens is 1. The summed E-state index contributed by atoms with van der Waals surface area (Å²) in [5.74, 6) is -0.274. The lowest BCUT2D eigenvalue weighted by molar-refractivity contribution is 0.0351. The second-order valence-electron chi connectivity index (χ2n) is 9.83. The number of aromatic nitrogens is 4. The summed E-state index contributed by atoms with van der Waals surface area (Å²) in [4.78, 5) is 32.8. The highest BCUT2D eigenvalue weighted by Gasteiger charge is 2.34. The van der Waals surface area contributed by atoms with Gasteiger partial charge in [0.15, 0.2) is 5.65 Å². The van der Waals surface area contributed by atoms with E-state index in [0.29, 0.717) is 35.8 Å². The Bertz CT molecular complexity index is 1280. The van der Waals surface area contributed by atoms with E-state index in [-0.39, 0.29) is 24.3 Å². The molecule has 198 valence electrons. The van der Waals surface area contributed by atoms with Crippen LogP contribution in [0.5, 0.6) is 5.88 Å². The van der Waals surface area contributed by atoms with Gasteiger partial charge in [0.1, 0.15) is 28.9 Å². The van der Waals surface area contributed by atoms with E-state index in [1.54, 1.807) is 40.0 Å². The van der Waals surface area contributed by atoms with Crippen molar-refractivity contribution in [1.82, 2.24) is 24.9 Å². The lowest BCUT2D eigenvalue weighted by atomic mass is 9.89. The maximum Gasteiger partial charge on any atom is 0.407 e. The van der Waals surface area contributed by atoms with Crippen LogP contribution in [-0.2, 0) is 9.47 Å². The summed E-state index contributed by atoms with van der Waals surface area (Å²) < 4.78 is 32.0. The van der Waals surface area contributed by atoms with Crippen LogP contribution in [0.25, 0.3) is 5.65 Å². The molecule has 0 aliphatic heterocycles. The predicted molar refractivity (Wildman–Crippen MR) is 132 cm³/mol. The third-order valence-corrected chi connectivity index (χ3v) is 5.63. The summed E-state index contributed by atoms with van der Waals surface area (Å²) in [6, 6.07) is 2.55. The average molecular weight is 515 g/mol. The molecule has 2 N–H and O–H groups in total. The molecule has 3 aromatic rings. The predicted octanol–water partition coefficient (Wildman–Crippen LogP) is 4.05. The number of esters is 1. The van der Waals surface area contributed by atoms with Crippen molar-refractivity contribution < 1.29 is 28.2 Å². The molecule has 37 heavy (non-hydrogen) atoms. The Morgan fingerprint density at radius 1 is 1.27 bits per heavy atom. The first-order valence-electron chi connectivity index (χ1n) is 12.1. The number of nitrogens with one attached hydrogen (secondary N) is 2. The number of pyridine rings is 1. The topological polar surface area (TPSA) is 129 Å². The SMILES string of the molecule is CCOC(=O)c1cnn2ccc(N[C@H](C)c3cc(F)cnc3OC3CC(NC(=O)OC(C)(C)C)C3)nc12. The summed E-state index contributed by atoms with van der Waals surface area (Å²) in [6.45, 7) is 9.19. The first kappa shape index (κ1) is 26.1. The molecule has 1 amide bonds. The monoisotopic (exact) mass is 514 g/mol. The molecule has 0 aromatic carbocycles. The lowest BCUT2D eigenvalue weighted by Gasteiger charge is -2.36. The molecule has 12 heteroatoms. The van der Waals surface area contributed by atoms with Gasteiger partial charge >= 0.3 is 12.1 Å². The molecule has 1 fully saturated rings. The largest absolute Gasteiger partial charge is 0.474 e. The standard InChI is InChI=1S/C25H31FN6O5/c1-6-35-23(33)19-13-28-32-8-7-20(31-21(19)32)29-14(2)18-9-15(26)12-27-22(18)36-17-10-16(11-17)30-24(34)37-25(3,4)5/h7-9,12-14,16-17H,6,10-11H2,1-5H3,(H,29,31)(H,30,34)/t14-,16?,17?/m1/s1. The van der Waals surface area contributed by atoms with E-state index in [1.165, 1.54) is 16.8 Å². The van der Waals surface area contributed by atoms with Gasteiger partial charge in [0.25, 0.3) is 0 Å². The summed E-state index contributed by atoms with van der Waals surface area (Å²) >= 11 is 0. The minimum atomic E-state index is -0.572. The van der Waals surface area contributed by atoms with Crippen LogP contribution in [0.15, 0.2) is 30.7 Å². The Morgan fingerprint density at radius 2 is 2.03 bits per heavy atom. The fourth-order valence-corrected chi connectivity index (χ4v) is 3.86. The summed E-state index contributed by atoms with van der Waals surface area (Å²) in [5, 5.41) is 10.2. The van der Waals surface area contributed by atoms with Crippen molar-refractivity contribution in [2.24, 2.45) is 0 Å². The third-order valence-electron chi connectivity index (χ3n) is 5.63. The van der Waals surface area contributed by atoms with Crippen molar-refractivity contribution in [3.05, 3.63) is 47.7 Å². The summed E-state index contributed by atoms with van der Waals surface area (Å²) in [6.07, 6.45) is 4.67. The van der Waals surface area contributed by atoms with Crippen molar-refractivity contribution in [2.75, 3.05) is 11.9 Å². The molecule has 0 unspecified atom stereocenters. The van der Waals surface area contributed by atoms with Crippen molar-refractivity contribution in [1.29, 1.82) is 0 Å². The highest BCUT2D eigenvalue weighted by atomic mass is 19.1. The van der Waals surface area contributed by atoms with Gasteiger partial charge in [0.05, 0.1) is 25.0 Å². The van der Waals surface area contributed by atoms with Crippen LogP contribution in [0.2, 0.25) is 0 Å². The molecule has 11 nitrogen and oxygen atoms in total. The third kappa shape index (κ3) is 6.43. The molecule has 1 atom stereocenters. The summed E-state index contributed by atoms with van der Waals surface area (Å²) in [7, 11) is 0. The van der Waals surface area contributed by atoms with E-state index in [9.17, 15) is 14.0 Å². The van der Waals surface area contributed by atoms with E-state index in [4.69, 9.17) is 14.2 Å². The first-order chi connectivity index (χ1) is 17.5. The Morgan fingerprint density at radius 3 is 2.73 bits per heavy atom. The maximum absolute atomic E-state index is 14.1. The van der Waals surface area contributed by atoms with Crippen LogP contribution in [0.4, 0.5) is 15.0 Å². The Hall–Kier alpha value is -3.96. The number of nitrogens with zero attached hydrogens (tertiary/aromatic N) is 4. The van der Waals surface area contributed by atoms with Crippen LogP contribution >= 0.6 is 0 Å². The van der Waals surface area contributed by atoms with E-state index < -0.39 is 29.5 Å². The van der Waals surface area contributed by atoms with E-state index >= 15 is 0 Å². The van der Waals surface area contributed by atoms with E-state index in [0.717, 1.165) is 6.20 Å². The highest BCUT2D eigenvalue weighted by molar-refractivity contribution is 5.95. The molecule has 3 aromatic heterocycles. The van der Waals surface area contributed by atoms with Crippen LogP contribution in [0.3, 0.4) is 0 Å². The number of hydrogen-bond acceptors (Lipinski definition) is 9. The average Bonchev–Trinajstić information content (AvgIpc) is 3.21. The van der Waals surface area contributed by atoms with E-state index in [1.807, 2.05) is 6.92 Å². The second kappa shape index (κ2) is 10.6. The number of carbonyl (C=O) groups excluding carboxylic acids is 2. The number of carbonyl (C=O) groups is 2. The number of ether oxygens (including phenoxy) is 3. The maximum atomic E-state index is 14.1. The fourth-order valence-electron chi connectivity index (χ4n) is 3.86. The van der Waals surface area contributed by atoms with Gasteiger partial charge < -0.3 is 24.8 Å². The molecular formula is C25H31FN6O5. The molecule has 1 saturated carbocycles. The van der Waals surface area contributed by atoms with Crippen LogP contribution in [-0.4, -0.2) is 56.0 Å². The molecule has 0 radical (unpaired) electrons. The zero-order chi connectivity index (χ0) is 26.7. The molecule has 0 spiro atoms. The van der Waals surface area contributed by atoms with Crippen molar-refractivity contribution >= 4 is 23.5 Å². The van der Waals surface area contributed by atoms with Gasteiger partial charge in [-0.05, 0) is 46.8 Å². The van der Waals surface area contributed by atoms with Crippen molar-refractivity contribution in [3.63, 3.8) is 0 Å². The van der Waals surface area contributed by atoms with Crippen molar-refractivity contribution in [2.45, 2.75) is 71.2 Å². The lowest BCUT2D eigenvalue weighted by Crippen LogP contribution is -2.50. The Labute approximate surface area is 213 Å². The van der Waals surface area contributed by atoms with Crippen LogP contribution < -0.4 is 15.4 Å². The molecule has 0 saturated heterocycles. The number of fused-ring (bicyclic) bond motifs is 1. The summed E-state index contributed by atoms with van der Waals surface area (Å²) in [5.41, 5.74) is 0.512. The number of anilines is 1. The van der Waals surface area contributed by atoms with Crippen LogP contribution in [0, 0.1) is 5.82 Å². The molecular weight excluding hydrogens is 483 g/mol. The first-order valence-corrected chi connectivity index (χ1v) is 12.1. The molecule has 0 bridgehead atoms. The van der Waals surface area contributed by atoms with E-state index in [2.05, 4.69) is 25.7 Å². The van der Waals surface area contributed by atoms with Gasteiger partial charge in [-0.15, -0.1) is 0 Å². The molecule has 4 rings (SSSR count). The normalized spacial score (nSPS) is 18.0. The van der Waals surface area contributed by atoms with Gasteiger partial charge in [-0.1, -0.05) is 0 Å². The zero-order valence-corrected chi connectivity index (χ0v) is 21.4. The van der Waals surface area contributed by atoms with Gasteiger partial charge in [-0.3, -0.25) is 0 Å². The minimum absolute atomic E-state index is 0.0699. The second-order valence-corrected chi connectivity index (χ2v) is 9.83. The quantitative estimate of drug-likeness (QED) is 0.428. The fraction of sp³-hybridized carbons (Fsp3) is 0.480. The molecule has 1 aliphatic carbocycles. The minimum Gasteiger partial charge on any atom is -0.474 e. The Balaban J connectivity index is 1.42. The zero-order valence-electron chi connectivity index (χ0n) is 21.4. The van der Waals surface area contributed by atoms with Crippen LogP contribution in [0.1, 0.15) is 69.4 Å². The van der Waals surface area contributed by atoms with Gasteiger partial charge in [-0.25, -0.2) is 28.5 Å². The Kier molecular flexibility index (Phi) is 7.46. The van der Waals surface area contributed by atoms with Gasteiger partial charge in [0.2, 0.25) is 5.88 Å². The molecule has 3 heterocycles. The highest BCUT2D eigenvalue weighted by Crippen LogP contribution is 2.31. The van der Waals surface area contributed by atoms with Gasteiger partial charge in [0, 0.05) is 30.6 Å². The van der Waals surface area contributed by atoms with Gasteiger partial charge in [-0.2, -0.15) is 5.10 Å². The number of amides is 1. The van der Waals surface area contributed by atoms with Crippen molar-refractivity contribution in [3.8, 4) is 5.88 Å². The number of hydrogen-bond donors (Lipinski definition) is 2. The molecule has 1 aliphatic rings. The number of alkyl carbamates (subject to hydrolysis) is 1. The smallest absolute Gasteiger partial charge is 0.407 e. The number of rotatable bonds is 8.